The van der Waals surface area contributed by atoms with Crippen LogP contribution in [0.4, 0.5) is 10.5 Å². The van der Waals surface area contributed by atoms with Crippen LogP contribution in [0.15, 0.2) is 24.3 Å². The molecule has 8 heteroatoms. The van der Waals surface area contributed by atoms with Crippen LogP contribution in [0.3, 0.4) is 0 Å². The molecule has 2 aliphatic heterocycles. The van der Waals surface area contributed by atoms with Gasteiger partial charge in [0.25, 0.3) is 5.69 Å². The Morgan fingerprint density at radius 1 is 1.38 bits per heavy atom. The minimum atomic E-state index is -1.77. The number of carbonyl (C=O) groups is 1. The average molecular weight is 297 g/mol. The molecule has 2 fully saturated rings. The molecule has 0 aromatic heterocycles. The molecule has 8 nitrogen and oxygen atoms in total. The number of fused-ring (bicyclic) bond motifs is 1. The lowest BCUT2D eigenvalue weighted by molar-refractivity contribution is -0.384. The number of carbonyl (C=O) groups excluding carboxylic acids is 1. The van der Waals surface area contributed by atoms with Crippen LogP contribution in [-0.4, -0.2) is 36.6 Å². The van der Waals surface area contributed by atoms with E-state index >= 15 is 0 Å². The summed E-state index contributed by atoms with van der Waals surface area (Å²) in [5.41, 5.74) is -0.144. The van der Waals surface area contributed by atoms with Crippen molar-refractivity contribution < 1.29 is 31.4 Å². The summed E-state index contributed by atoms with van der Waals surface area (Å²) in [6, 6.07) is 4.85. The fourth-order valence-corrected chi connectivity index (χ4v) is 2.13. The molecule has 3 atom stereocenters. The molecule has 0 unspecified atom stereocenters. The fraction of sp³-hybridized carbons (Fsp3) is 0.462. The number of hydrogen-bond donors (Lipinski definition) is 0. The number of hydrogen-bond acceptors (Lipinski definition) is 7. The van der Waals surface area contributed by atoms with E-state index in [9.17, 15) is 14.9 Å². The van der Waals surface area contributed by atoms with E-state index in [1.165, 1.54) is 24.3 Å². The van der Waals surface area contributed by atoms with E-state index < -0.39 is 29.3 Å². The Morgan fingerprint density at radius 3 is 2.86 bits per heavy atom. The van der Waals surface area contributed by atoms with Crippen molar-refractivity contribution in [3.8, 4) is 5.75 Å². The Labute approximate surface area is 122 Å². The monoisotopic (exact) mass is 297 g/mol. The fourth-order valence-electron chi connectivity index (χ4n) is 2.13. The van der Waals surface area contributed by atoms with Gasteiger partial charge in [0.05, 0.1) is 26.8 Å². The van der Waals surface area contributed by atoms with Crippen LogP contribution in [0, 0.1) is 16.0 Å². The van der Waals surface area contributed by atoms with Crippen LogP contribution in [-0.2, 0) is 14.2 Å². The number of ether oxygens (including phenoxy) is 4. The maximum atomic E-state index is 11.8. The number of nitro benzene ring substituents is 1. The molecule has 0 bridgehead atoms. The maximum absolute atomic E-state index is 11.8. The van der Waals surface area contributed by atoms with Gasteiger partial charge in [-0.05, 0) is 18.6 Å². The van der Waals surface area contributed by atoms with Gasteiger partial charge < -0.3 is 18.9 Å². The van der Waals surface area contributed by atoms with Gasteiger partial charge in [0.15, 0.2) is 6.27 Å². The first-order valence-corrected chi connectivity index (χ1v) is 6.26. The highest BCUT2D eigenvalue weighted by atomic mass is 16.8. The van der Waals surface area contributed by atoms with E-state index in [0.29, 0.717) is 6.42 Å². The molecule has 0 radical (unpaired) electrons. The normalized spacial score (nSPS) is 35.5. The standard InChI is InChI=1S/C13H13NO7/c15-13(20-9-3-1-8(2-4-9)14(16)17)21-11-7-19-12-10(11)5-6-18-12/h1-4,10-12H,5-7H2/t10-,11-,12+/m0/s1/i11D,12D. The third kappa shape index (κ3) is 2.96. The predicted octanol–water partition coefficient (Wildman–Crippen LogP) is 1.87. The molecule has 0 amide bonds. The quantitative estimate of drug-likeness (QED) is 0.363. The van der Waals surface area contributed by atoms with Gasteiger partial charge in [-0.25, -0.2) is 4.79 Å². The predicted molar refractivity (Wildman–Crippen MR) is 67.8 cm³/mol. The summed E-state index contributed by atoms with van der Waals surface area (Å²) in [5.74, 6) is -0.692. The van der Waals surface area contributed by atoms with Gasteiger partial charge in [-0.1, -0.05) is 0 Å². The molecule has 112 valence electrons. The Bertz CT molecular complexity index is 640. The number of benzene rings is 1. The van der Waals surface area contributed by atoms with Crippen LogP contribution >= 0.6 is 0 Å². The van der Waals surface area contributed by atoms with Gasteiger partial charge >= 0.3 is 6.16 Å². The average Bonchev–Trinajstić information content (AvgIpc) is 2.98. The van der Waals surface area contributed by atoms with E-state index in [1.807, 2.05) is 0 Å². The molecule has 0 aliphatic carbocycles. The number of rotatable bonds is 3. The molecule has 0 spiro atoms. The van der Waals surface area contributed by atoms with Crippen LogP contribution < -0.4 is 4.74 Å². The smallest absolute Gasteiger partial charge is 0.428 e. The highest BCUT2D eigenvalue weighted by molar-refractivity contribution is 5.64. The Morgan fingerprint density at radius 2 is 2.14 bits per heavy atom. The van der Waals surface area contributed by atoms with Crippen LogP contribution in [0.5, 0.6) is 5.75 Å². The Kier molecular flexibility index (Phi) is 3.09. The summed E-state index contributed by atoms with van der Waals surface area (Å²) in [4.78, 5) is 21.8. The molecule has 2 saturated heterocycles. The van der Waals surface area contributed by atoms with Crippen molar-refractivity contribution in [2.24, 2.45) is 5.92 Å². The maximum Gasteiger partial charge on any atom is 0.514 e. The zero-order valence-corrected chi connectivity index (χ0v) is 10.8. The topological polar surface area (TPSA) is 97.1 Å². The van der Waals surface area contributed by atoms with Crippen LogP contribution in [0.25, 0.3) is 0 Å². The summed E-state index contributed by atoms with van der Waals surface area (Å²) in [5, 5.41) is 10.5. The van der Waals surface area contributed by atoms with E-state index in [1.54, 1.807) is 0 Å². The van der Waals surface area contributed by atoms with E-state index in [2.05, 4.69) is 0 Å². The molecule has 2 heterocycles. The zero-order chi connectivity index (χ0) is 16.7. The first-order valence-electron chi connectivity index (χ1n) is 7.26. The lowest BCUT2D eigenvalue weighted by Gasteiger charge is -2.15. The van der Waals surface area contributed by atoms with Gasteiger partial charge in [-0.3, -0.25) is 10.1 Å². The van der Waals surface area contributed by atoms with Crippen molar-refractivity contribution in [2.45, 2.75) is 18.8 Å². The molecule has 0 N–H and O–H groups in total. The van der Waals surface area contributed by atoms with Gasteiger partial charge in [0.2, 0.25) is 0 Å². The van der Waals surface area contributed by atoms with Gasteiger partial charge in [0, 0.05) is 12.1 Å². The highest BCUT2D eigenvalue weighted by Crippen LogP contribution is 2.33. The largest absolute Gasteiger partial charge is 0.514 e. The lowest BCUT2D eigenvalue weighted by atomic mass is 10.0. The molecule has 2 aliphatic rings. The van der Waals surface area contributed by atoms with Crippen LogP contribution in [0.1, 0.15) is 9.16 Å². The summed E-state index contributed by atoms with van der Waals surface area (Å²) in [6.45, 7) is -0.0495. The minimum Gasteiger partial charge on any atom is -0.428 e. The first-order chi connectivity index (χ1) is 10.8. The number of nitrogens with zero attached hydrogens (tertiary/aromatic N) is 1. The Balaban J connectivity index is 1.64. The van der Waals surface area contributed by atoms with Gasteiger partial charge in [0.1, 0.15) is 11.8 Å². The second-order valence-electron chi connectivity index (χ2n) is 4.47. The molecular weight excluding hydrogens is 282 g/mol. The minimum absolute atomic E-state index is 0.0444. The SMILES string of the molecule is [2H][C@]12OCC[C@H]1[C@@]([2H])(OC(=O)Oc1ccc([N+](=O)[O-])cc1)CO2. The third-order valence-corrected chi connectivity index (χ3v) is 3.14. The van der Waals surface area contributed by atoms with Crippen molar-refractivity contribution in [2.75, 3.05) is 13.2 Å². The number of non-ortho nitro benzene ring substituents is 1. The second-order valence-corrected chi connectivity index (χ2v) is 4.47. The van der Waals surface area contributed by atoms with Crippen molar-refractivity contribution >= 4 is 11.8 Å². The molecule has 1 aromatic carbocycles. The summed E-state index contributed by atoms with van der Waals surface area (Å²) >= 11 is 0. The zero-order valence-electron chi connectivity index (χ0n) is 12.8. The van der Waals surface area contributed by atoms with E-state index in [4.69, 9.17) is 21.7 Å². The summed E-state index contributed by atoms with van der Waals surface area (Å²) < 4.78 is 36.3. The highest BCUT2D eigenvalue weighted by Gasteiger charge is 2.44. The van der Waals surface area contributed by atoms with Crippen molar-refractivity contribution in [3.63, 3.8) is 0 Å². The van der Waals surface area contributed by atoms with Gasteiger partial charge in [-0.15, -0.1) is 0 Å². The lowest BCUT2D eigenvalue weighted by Crippen LogP contribution is -2.27. The first kappa shape index (κ1) is 11.5. The molecule has 1 aromatic rings. The molecule has 0 saturated carbocycles. The summed E-state index contributed by atoms with van der Waals surface area (Å²) in [6.07, 6.45) is -4.22. The van der Waals surface area contributed by atoms with E-state index in [0.717, 1.165) is 0 Å². The van der Waals surface area contributed by atoms with Crippen molar-refractivity contribution in [1.82, 2.24) is 0 Å². The van der Waals surface area contributed by atoms with E-state index in [-0.39, 0.29) is 24.7 Å². The van der Waals surface area contributed by atoms with Gasteiger partial charge in [-0.2, -0.15) is 0 Å². The second kappa shape index (κ2) is 5.66. The number of nitro groups is 1. The van der Waals surface area contributed by atoms with Crippen molar-refractivity contribution in [3.05, 3.63) is 34.4 Å². The van der Waals surface area contributed by atoms with Crippen LogP contribution in [0.2, 0.25) is 0 Å². The third-order valence-electron chi connectivity index (χ3n) is 3.14. The molecular formula is C13H13NO7. The summed E-state index contributed by atoms with van der Waals surface area (Å²) in [7, 11) is 0. The van der Waals surface area contributed by atoms with Crippen molar-refractivity contribution in [1.29, 1.82) is 0 Å². The Hall–Kier alpha value is -2.19. The molecule has 21 heavy (non-hydrogen) atoms. The molecule has 3 rings (SSSR count).